The maximum absolute atomic E-state index is 12.5. The van der Waals surface area contributed by atoms with Gasteiger partial charge in [-0.15, -0.1) is 0 Å². The minimum atomic E-state index is -0.479. The molecule has 0 radical (unpaired) electrons. The molecule has 6 heteroatoms. The fourth-order valence-electron chi connectivity index (χ4n) is 4.11. The minimum absolute atomic E-state index is 0.0669. The second-order valence-corrected chi connectivity index (χ2v) is 7.36. The molecule has 0 aromatic carbocycles. The molecule has 0 saturated heterocycles. The van der Waals surface area contributed by atoms with Gasteiger partial charge in [0.1, 0.15) is 0 Å². The van der Waals surface area contributed by atoms with Gasteiger partial charge in [0.15, 0.2) is 0 Å². The number of hydrogen-bond donors (Lipinski definition) is 0. The van der Waals surface area contributed by atoms with Gasteiger partial charge in [-0.05, 0) is 49.4 Å². The van der Waals surface area contributed by atoms with Gasteiger partial charge >= 0.3 is 11.1 Å². The molecule has 2 bridgehead atoms. The molecule has 3 aromatic heterocycles. The van der Waals surface area contributed by atoms with Crippen LogP contribution in [0.5, 0.6) is 0 Å². The fourth-order valence-corrected chi connectivity index (χ4v) is 4.11. The van der Waals surface area contributed by atoms with E-state index in [1.807, 2.05) is 30.3 Å². The molecule has 3 aliphatic rings. The first-order valence-electron chi connectivity index (χ1n) is 8.84. The van der Waals surface area contributed by atoms with E-state index >= 15 is 0 Å². The van der Waals surface area contributed by atoms with Gasteiger partial charge in [-0.3, -0.25) is 19.6 Å². The molecule has 0 N–H and O–H groups in total. The lowest BCUT2D eigenvalue weighted by molar-refractivity contribution is -0.0919. The van der Waals surface area contributed by atoms with E-state index < -0.39 is 11.1 Å². The molecule has 26 heavy (non-hydrogen) atoms. The van der Waals surface area contributed by atoms with Crippen molar-refractivity contribution in [1.82, 2.24) is 19.1 Å². The van der Waals surface area contributed by atoms with E-state index in [4.69, 9.17) is 0 Å². The number of pyridine rings is 2. The summed E-state index contributed by atoms with van der Waals surface area (Å²) in [6.07, 6.45) is 10.1. The van der Waals surface area contributed by atoms with Gasteiger partial charge in [0.05, 0.1) is 17.9 Å². The third-order valence-corrected chi connectivity index (χ3v) is 5.69. The van der Waals surface area contributed by atoms with Crippen LogP contribution < -0.4 is 11.1 Å². The second-order valence-electron chi connectivity index (χ2n) is 7.36. The van der Waals surface area contributed by atoms with Gasteiger partial charge < -0.3 is 9.13 Å². The van der Waals surface area contributed by atoms with Crippen LogP contribution in [0.25, 0.3) is 11.3 Å². The van der Waals surface area contributed by atoms with Gasteiger partial charge in [-0.2, -0.15) is 0 Å². The van der Waals surface area contributed by atoms with Crippen LogP contribution in [-0.4, -0.2) is 19.1 Å². The zero-order chi connectivity index (χ0) is 17.7. The number of hydrogen-bond acceptors (Lipinski definition) is 4. The molecule has 130 valence electrons. The SMILES string of the molecule is O=c1c(=O)n(C23CC(C2)C3)ccn1Cc1ccc(-c2ccccn2)cn1. The predicted octanol–water partition coefficient (Wildman–Crippen LogP) is 2.02. The molecule has 3 aromatic rings. The smallest absolute Gasteiger partial charge is 0.303 e. The van der Waals surface area contributed by atoms with E-state index in [0.29, 0.717) is 0 Å². The lowest BCUT2D eigenvalue weighted by atomic mass is 9.49. The molecule has 0 atom stereocenters. The normalized spacial score (nSPS) is 23.2. The van der Waals surface area contributed by atoms with Crippen molar-refractivity contribution < 1.29 is 0 Å². The van der Waals surface area contributed by atoms with Gasteiger partial charge in [0, 0.05) is 35.9 Å². The van der Waals surface area contributed by atoms with Crippen molar-refractivity contribution >= 4 is 0 Å². The summed E-state index contributed by atoms with van der Waals surface area (Å²) in [5.41, 5.74) is 1.53. The van der Waals surface area contributed by atoms with E-state index in [2.05, 4.69) is 9.97 Å². The molecule has 3 aliphatic carbocycles. The van der Waals surface area contributed by atoms with Crippen LogP contribution in [0.2, 0.25) is 0 Å². The Morgan fingerprint density at radius 2 is 1.85 bits per heavy atom. The van der Waals surface area contributed by atoms with Gasteiger partial charge in [-0.1, -0.05) is 6.07 Å². The Bertz CT molecular complexity index is 1070. The Morgan fingerprint density at radius 3 is 2.46 bits per heavy atom. The second kappa shape index (κ2) is 5.49. The Balaban J connectivity index is 1.40. The summed E-state index contributed by atoms with van der Waals surface area (Å²) in [7, 11) is 0. The van der Waals surface area contributed by atoms with Crippen molar-refractivity contribution in [3.05, 3.63) is 81.5 Å². The van der Waals surface area contributed by atoms with Crippen LogP contribution >= 0.6 is 0 Å². The summed E-state index contributed by atoms with van der Waals surface area (Å²) in [4.78, 5) is 33.7. The fraction of sp³-hybridized carbons (Fsp3) is 0.300. The summed E-state index contributed by atoms with van der Waals surface area (Å²) in [6, 6.07) is 9.51. The largest absolute Gasteiger partial charge is 0.316 e. The molecule has 6 rings (SSSR count). The highest BCUT2D eigenvalue weighted by molar-refractivity contribution is 5.57. The van der Waals surface area contributed by atoms with Gasteiger partial charge in [0.2, 0.25) is 0 Å². The predicted molar refractivity (Wildman–Crippen MR) is 96.8 cm³/mol. The molecule has 3 saturated carbocycles. The molecule has 6 nitrogen and oxygen atoms in total. The Hall–Kier alpha value is -3.02. The quantitative estimate of drug-likeness (QED) is 0.678. The van der Waals surface area contributed by atoms with Crippen molar-refractivity contribution in [1.29, 1.82) is 0 Å². The summed E-state index contributed by atoms with van der Waals surface area (Å²) >= 11 is 0. The van der Waals surface area contributed by atoms with Crippen molar-refractivity contribution in [2.75, 3.05) is 0 Å². The molecule has 0 amide bonds. The van der Waals surface area contributed by atoms with E-state index in [0.717, 1.165) is 42.1 Å². The molecule has 3 heterocycles. The number of nitrogens with zero attached hydrogens (tertiary/aromatic N) is 4. The number of aromatic nitrogens is 4. The first-order chi connectivity index (χ1) is 12.6. The maximum Gasteiger partial charge on any atom is 0.316 e. The van der Waals surface area contributed by atoms with Crippen LogP contribution in [0.15, 0.2) is 64.7 Å². The van der Waals surface area contributed by atoms with Crippen molar-refractivity contribution in [2.24, 2.45) is 5.92 Å². The van der Waals surface area contributed by atoms with E-state index in [9.17, 15) is 9.59 Å². The molecular weight excluding hydrogens is 328 g/mol. The third-order valence-electron chi connectivity index (χ3n) is 5.69. The Labute approximate surface area is 149 Å². The first kappa shape index (κ1) is 15.3. The van der Waals surface area contributed by atoms with E-state index in [-0.39, 0.29) is 12.1 Å². The molecule has 0 unspecified atom stereocenters. The Morgan fingerprint density at radius 1 is 1.00 bits per heavy atom. The van der Waals surface area contributed by atoms with E-state index in [1.54, 1.807) is 29.4 Å². The molecule has 0 spiro atoms. The highest BCUT2D eigenvalue weighted by Gasteiger charge is 2.58. The zero-order valence-corrected chi connectivity index (χ0v) is 14.2. The standard InChI is InChI=1S/C20H18N4O2/c25-18-19(26)24(20-9-14(10-20)11-20)8-7-23(18)13-16-5-4-15(12-22-16)17-3-1-2-6-21-17/h1-8,12,14H,9-11,13H2. The van der Waals surface area contributed by atoms with Crippen LogP contribution in [0.1, 0.15) is 25.0 Å². The van der Waals surface area contributed by atoms with Crippen LogP contribution in [-0.2, 0) is 12.1 Å². The average Bonchev–Trinajstić information content (AvgIpc) is 2.60. The topological polar surface area (TPSA) is 69.8 Å². The maximum atomic E-state index is 12.5. The lowest BCUT2D eigenvalue weighted by Crippen LogP contribution is -2.64. The third kappa shape index (κ3) is 2.25. The monoisotopic (exact) mass is 346 g/mol. The summed E-state index contributed by atoms with van der Waals surface area (Å²) in [6.45, 7) is 0.285. The molecule has 0 aliphatic heterocycles. The average molecular weight is 346 g/mol. The number of rotatable bonds is 4. The van der Waals surface area contributed by atoms with Crippen LogP contribution in [0, 0.1) is 5.92 Å². The highest BCUT2D eigenvalue weighted by Crippen LogP contribution is 2.61. The van der Waals surface area contributed by atoms with Crippen LogP contribution in [0.4, 0.5) is 0 Å². The van der Waals surface area contributed by atoms with Crippen molar-refractivity contribution in [3.8, 4) is 11.3 Å². The summed E-state index contributed by atoms with van der Waals surface area (Å²) < 4.78 is 3.09. The van der Waals surface area contributed by atoms with Crippen LogP contribution in [0.3, 0.4) is 0 Å². The highest BCUT2D eigenvalue weighted by atomic mass is 16.2. The summed E-state index contributed by atoms with van der Waals surface area (Å²) in [5, 5.41) is 0. The van der Waals surface area contributed by atoms with Crippen molar-refractivity contribution in [3.63, 3.8) is 0 Å². The van der Waals surface area contributed by atoms with Gasteiger partial charge in [0.25, 0.3) is 0 Å². The van der Waals surface area contributed by atoms with Gasteiger partial charge in [-0.25, -0.2) is 0 Å². The van der Waals surface area contributed by atoms with E-state index in [1.165, 1.54) is 4.57 Å². The Kier molecular flexibility index (Phi) is 3.22. The molecule has 3 fully saturated rings. The summed E-state index contributed by atoms with van der Waals surface area (Å²) in [5.74, 6) is 0.756. The molecular formula is C20H18N4O2. The zero-order valence-electron chi connectivity index (χ0n) is 14.2. The minimum Gasteiger partial charge on any atom is -0.303 e. The first-order valence-corrected chi connectivity index (χ1v) is 8.84. The lowest BCUT2D eigenvalue weighted by Gasteiger charge is -2.62. The van der Waals surface area contributed by atoms with Crippen molar-refractivity contribution in [2.45, 2.75) is 31.3 Å².